The van der Waals surface area contributed by atoms with Crippen LogP contribution in [0, 0.1) is 0 Å². The van der Waals surface area contributed by atoms with Gasteiger partial charge in [0.2, 0.25) is 0 Å². The average molecular weight is 478 g/mol. The third-order valence-electron chi connectivity index (χ3n) is 6.82. The second-order valence-electron chi connectivity index (χ2n) is 9.03. The Bertz CT molecular complexity index is 1850. The smallest absolute Gasteiger partial charge is 0.0554 e. The molecule has 0 N–H and O–H groups in total. The molecule has 1 heterocycles. The van der Waals surface area contributed by atoms with Gasteiger partial charge in [0.15, 0.2) is 0 Å². The lowest BCUT2D eigenvalue weighted by Gasteiger charge is -2.27. The Hall–Kier alpha value is -4.40. The number of para-hydroxylation sites is 1. The van der Waals surface area contributed by atoms with Gasteiger partial charge in [-0.1, -0.05) is 91.0 Å². The molecule has 36 heavy (non-hydrogen) atoms. The molecule has 0 spiro atoms. The fourth-order valence-electron chi connectivity index (χ4n) is 5.14. The molecular formula is C34H23NS. The first-order valence-electron chi connectivity index (χ1n) is 12.2. The summed E-state index contributed by atoms with van der Waals surface area (Å²) >= 11 is 1.86. The highest BCUT2D eigenvalue weighted by molar-refractivity contribution is 7.26. The topological polar surface area (TPSA) is 3.24 Å². The van der Waals surface area contributed by atoms with E-state index in [9.17, 15) is 0 Å². The van der Waals surface area contributed by atoms with Gasteiger partial charge in [-0.25, -0.2) is 0 Å². The fourth-order valence-corrected chi connectivity index (χ4v) is 6.27. The molecule has 0 fully saturated rings. The molecule has 0 saturated carbocycles. The van der Waals surface area contributed by atoms with Crippen molar-refractivity contribution in [1.82, 2.24) is 0 Å². The fraction of sp³-hybridized carbons (Fsp3) is 0. The minimum atomic E-state index is 1.15. The van der Waals surface area contributed by atoms with Gasteiger partial charge in [0.25, 0.3) is 0 Å². The number of thiophene rings is 1. The van der Waals surface area contributed by atoms with E-state index in [-0.39, 0.29) is 0 Å². The molecule has 7 aromatic rings. The summed E-state index contributed by atoms with van der Waals surface area (Å²) in [6, 6.07) is 50.2. The highest BCUT2D eigenvalue weighted by atomic mass is 32.1. The van der Waals surface area contributed by atoms with Crippen LogP contribution in [-0.4, -0.2) is 0 Å². The van der Waals surface area contributed by atoms with Gasteiger partial charge >= 0.3 is 0 Å². The highest BCUT2D eigenvalue weighted by Crippen LogP contribution is 2.45. The van der Waals surface area contributed by atoms with Crippen LogP contribution in [-0.2, 0) is 0 Å². The largest absolute Gasteiger partial charge is 0.310 e. The molecule has 6 aromatic carbocycles. The number of hydrogen-bond donors (Lipinski definition) is 0. The molecule has 0 bridgehead atoms. The first-order chi connectivity index (χ1) is 17.8. The molecule has 0 atom stereocenters. The number of benzene rings is 6. The van der Waals surface area contributed by atoms with Crippen LogP contribution in [0.2, 0.25) is 0 Å². The molecular weight excluding hydrogens is 454 g/mol. The highest BCUT2D eigenvalue weighted by Gasteiger charge is 2.18. The van der Waals surface area contributed by atoms with E-state index in [0.29, 0.717) is 0 Å². The Kier molecular flexibility index (Phi) is 5.04. The normalized spacial score (nSPS) is 11.3. The SMILES string of the molecule is c1ccc(N(c2cccc(-c3ccc4ccccc4c3)c2)c2cccc3sc4ccccc4c23)cc1. The molecule has 1 nitrogen and oxygen atoms in total. The van der Waals surface area contributed by atoms with Gasteiger partial charge in [-0.15, -0.1) is 11.3 Å². The summed E-state index contributed by atoms with van der Waals surface area (Å²) in [6.07, 6.45) is 0. The monoisotopic (exact) mass is 477 g/mol. The summed E-state index contributed by atoms with van der Waals surface area (Å²) in [6.45, 7) is 0. The van der Waals surface area contributed by atoms with Crippen molar-refractivity contribution in [3.8, 4) is 11.1 Å². The number of anilines is 3. The Morgan fingerprint density at radius 2 is 1.14 bits per heavy atom. The van der Waals surface area contributed by atoms with E-state index < -0.39 is 0 Å². The first-order valence-corrected chi connectivity index (χ1v) is 13.0. The Morgan fingerprint density at radius 1 is 0.444 bits per heavy atom. The Morgan fingerprint density at radius 3 is 2.06 bits per heavy atom. The van der Waals surface area contributed by atoms with Crippen LogP contribution in [0.1, 0.15) is 0 Å². The summed E-state index contributed by atoms with van der Waals surface area (Å²) in [5, 5.41) is 5.13. The van der Waals surface area contributed by atoms with Crippen molar-refractivity contribution in [2.24, 2.45) is 0 Å². The molecule has 0 aliphatic rings. The van der Waals surface area contributed by atoms with Crippen molar-refractivity contribution in [3.63, 3.8) is 0 Å². The van der Waals surface area contributed by atoms with Gasteiger partial charge in [0.05, 0.1) is 5.69 Å². The molecule has 0 amide bonds. The Balaban J connectivity index is 1.45. The predicted molar refractivity (Wildman–Crippen MR) is 157 cm³/mol. The predicted octanol–water partition coefficient (Wildman–Crippen LogP) is 10.3. The molecule has 2 heteroatoms. The lowest BCUT2D eigenvalue weighted by atomic mass is 10.00. The first kappa shape index (κ1) is 20.9. The van der Waals surface area contributed by atoms with Crippen molar-refractivity contribution in [3.05, 3.63) is 140 Å². The minimum absolute atomic E-state index is 1.15. The molecule has 0 aliphatic heterocycles. The molecule has 0 radical (unpaired) electrons. The van der Waals surface area contributed by atoms with E-state index in [1.54, 1.807) is 0 Å². The molecule has 0 unspecified atom stereocenters. The van der Waals surface area contributed by atoms with Gasteiger partial charge in [-0.3, -0.25) is 0 Å². The summed E-state index contributed by atoms with van der Waals surface area (Å²) < 4.78 is 2.62. The minimum Gasteiger partial charge on any atom is -0.310 e. The maximum atomic E-state index is 2.39. The zero-order valence-electron chi connectivity index (χ0n) is 19.6. The molecule has 1 aromatic heterocycles. The summed E-state index contributed by atoms with van der Waals surface area (Å²) in [5.74, 6) is 0. The number of fused-ring (bicyclic) bond motifs is 4. The van der Waals surface area contributed by atoms with Crippen LogP contribution in [0.25, 0.3) is 42.1 Å². The van der Waals surface area contributed by atoms with Gasteiger partial charge < -0.3 is 4.90 Å². The lowest BCUT2D eigenvalue weighted by Crippen LogP contribution is -2.10. The standard InChI is InChI=1S/C34H23NS/c1-2-13-28(14-3-1)35(31-17-9-19-33-34(31)30-16-6-7-18-32(30)36-33)29-15-8-12-26(23-29)27-21-20-24-10-4-5-11-25(24)22-27/h1-23H. The summed E-state index contributed by atoms with van der Waals surface area (Å²) in [5.41, 5.74) is 5.93. The van der Waals surface area contributed by atoms with Crippen molar-refractivity contribution < 1.29 is 0 Å². The van der Waals surface area contributed by atoms with Crippen molar-refractivity contribution in [2.45, 2.75) is 0 Å². The number of rotatable bonds is 4. The summed E-state index contributed by atoms with van der Waals surface area (Å²) in [4.78, 5) is 2.39. The number of nitrogens with zero attached hydrogens (tertiary/aromatic N) is 1. The van der Waals surface area contributed by atoms with Crippen LogP contribution in [0.3, 0.4) is 0 Å². The maximum Gasteiger partial charge on any atom is 0.0554 e. The summed E-state index contributed by atoms with van der Waals surface area (Å²) in [7, 11) is 0. The van der Waals surface area contributed by atoms with Crippen molar-refractivity contribution in [1.29, 1.82) is 0 Å². The van der Waals surface area contributed by atoms with E-state index in [0.717, 1.165) is 11.4 Å². The third-order valence-corrected chi connectivity index (χ3v) is 7.96. The van der Waals surface area contributed by atoms with Crippen LogP contribution in [0.15, 0.2) is 140 Å². The van der Waals surface area contributed by atoms with Gasteiger partial charge in [0, 0.05) is 31.5 Å². The molecule has 7 rings (SSSR count). The van der Waals surface area contributed by atoms with E-state index >= 15 is 0 Å². The van der Waals surface area contributed by atoms with E-state index in [1.165, 1.54) is 47.8 Å². The zero-order valence-corrected chi connectivity index (χ0v) is 20.5. The Labute approximate surface area is 214 Å². The number of hydrogen-bond acceptors (Lipinski definition) is 2. The zero-order chi connectivity index (χ0) is 23.9. The quantitative estimate of drug-likeness (QED) is 0.244. The van der Waals surface area contributed by atoms with Crippen LogP contribution < -0.4 is 4.90 Å². The average Bonchev–Trinajstić information content (AvgIpc) is 3.33. The van der Waals surface area contributed by atoms with Gasteiger partial charge in [0.1, 0.15) is 0 Å². The molecule has 0 aliphatic carbocycles. The van der Waals surface area contributed by atoms with Crippen LogP contribution in [0.5, 0.6) is 0 Å². The maximum absolute atomic E-state index is 2.39. The third kappa shape index (κ3) is 3.55. The molecule has 170 valence electrons. The molecule has 0 saturated heterocycles. The van der Waals surface area contributed by atoms with Crippen molar-refractivity contribution in [2.75, 3.05) is 4.90 Å². The second-order valence-corrected chi connectivity index (χ2v) is 10.1. The van der Waals surface area contributed by atoms with Crippen LogP contribution in [0.4, 0.5) is 17.1 Å². The van der Waals surface area contributed by atoms with E-state index in [4.69, 9.17) is 0 Å². The lowest BCUT2D eigenvalue weighted by molar-refractivity contribution is 1.30. The van der Waals surface area contributed by atoms with E-state index in [1.807, 2.05) is 11.3 Å². The second kappa shape index (κ2) is 8.67. The van der Waals surface area contributed by atoms with Gasteiger partial charge in [-0.2, -0.15) is 0 Å². The van der Waals surface area contributed by atoms with Crippen LogP contribution >= 0.6 is 11.3 Å². The van der Waals surface area contributed by atoms with Gasteiger partial charge in [-0.05, 0) is 70.4 Å². The van der Waals surface area contributed by atoms with E-state index in [2.05, 4.69) is 144 Å². The van der Waals surface area contributed by atoms with Crippen molar-refractivity contribution >= 4 is 59.3 Å².